The topological polar surface area (TPSA) is 105 Å². The van der Waals surface area contributed by atoms with E-state index < -0.39 is 42.1 Å². The fourth-order valence-electron chi connectivity index (χ4n) is 3.46. The van der Waals surface area contributed by atoms with E-state index in [2.05, 4.69) is 10.6 Å². The molecule has 0 aromatic heterocycles. The lowest BCUT2D eigenvalue weighted by molar-refractivity contribution is -0.151. The van der Waals surface area contributed by atoms with Crippen LogP contribution in [0.3, 0.4) is 0 Å². The Morgan fingerprint density at radius 1 is 1.35 bits per heavy atom. The van der Waals surface area contributed by atoms with Gasteiger partial charge in [0.25, 0.3) is 11.8 Å². The molecule has 146 valence electrons. The van der Waals surface area contributed by atoms with Gasteiger partial charge in [0, 0.05) is 5.54 Å². The van der Waals surface area contributed by atoms with Crippen LogP contribution < -0.4 is 10.6 Å². The molecule has 8 heteroatoms. The van der Waals surface area contributed by atoms with Gasteiger partial charge in [-0.1, -0.05) is 26.7 Å². The Morgan fingerprint density at radius 2 is 2.04 bits per heavy atom. The number of amides is 4. The van der Waals surface area contributed by atoms with Crippen LogP contribution in [-0.2, 0) is 19.1 Å². The normalized spacial score (nSPS) is 26.0. The summed E-state index contributed by atoms with van der Waals surface area (Å²) >= 11 is 0. The molecule has 0 radical (unpaired) electrons. The van der Waals surface area contributed by atoms with Crippen molar-refractivity contribution >= 4 is 23.8 Å². The van der Waals surface area contributed by atoms with E-state index in [0.717, 1.165) is 30.6 Å². The fourth-order valence-corrected chi connectivity index (χ4v) is 3.46. The smallest absolute Gasteiger partial charge is 0.326 e. The Labute approximate surface area is 154 Å². The average molecular weight is 367 g/mol. The summed E-state index contributed by atoms with van der Waals surface area (Å²) in [6.45, 7) is 6.69. The van der Waals surface area contributed by atoms with Gasteiger partial charge in [-0.15, -0.1) is 0 Å². The summed E-state index contributed by atoms with van der Waals surface area (Å²) in [6.07, 6.45) is 4.06. The first-order chi connectivity index (χ1) is 12.1. The molecule has 1 spiro atoms. The van der Waals surface area contributed by atoms with Gasteiger partial charge in [0.2, 0.25) is 0 Å². The molecule has 0 unspecified atom stereocenters. The van der Waals surface area contributed by atoms with E-state index in [1.165, 1.54) is 0 Å². The number of carbonyl (C=O) groups excluding carboxylic acids is 4. The number of imide groups is 1. The first kappa shape index (κ1) is 20.2. The van der Waals surface area contributed by atoms with E-state index in [0.29, 0.717) is 6.42 Å². The van der Waals surface area contributed by atoms with Crippen molar-refractivity contribution in [2.75, 3.05) is 13.2 Å². The summed E-state index contributed by atoms with van der Waals surface area (Å²) in [7, 11) is 0. The van der Waals surface area contributed by atoms with E-state index in [1.54, 1.807) is 0 Å². The number of hydrogen-bond donors (Lipinski definition) is 2. The highest BCUT2D eigenvalue weighted by Gasteiger charge is 2.55. The number of ether oxygens (including phenoxy) is 1. The molecule has 2 rings (SSSR count). The molecule has 2 fully saturated rings. The summed E-state index contributed by atoms with van der Waals surface area (Å²) in [6, 6.07) is -0.572. The van der Waals surface area contributed by atoms with Crippen LogP contribution in [0.15, 0.2) is 0 Å². The average Bonchev–Trinajstić information content (AvgIpc) is 2.80. The molecule has 8 nitrogen and oxygen atoms in total. The van der Waals surface area contributed by atoms with Gasteiger partial charge in [-0.25, -0.2) is 4.79 Å². The van der Waals surface area contributed by atoms with Crippen LogP contribution in [0.4, 0.5) is 4.79 Å². The molecule has 1 saturated heterocycles. The molecule has 1 aliphatic heterocycles. The maximum atomic E-state index is 12.8. The van der Waals surface area contributed by atoms with Crippen molar-refractivity contribution in [2.45, 2.75) is 70.9 Å². The van der Waals surface area contributed by atoms with Crippen LogP contribution in [0.25, 0.3) is 0 Å². The molecule has 2 aliphatic rings. The van der Waals surface area contributed by atoms with Crippen LogP contribution in [0.2, 0.25) is 0 Å². The van der Waals surface area contributed by atoms with Crippen molar-refractivity contribution in [2.24, 2.45) is 5.92 Å². The number of nitrogens with zero attached hydrogens (tertiary/aromatic N) is 1. The third-order valence-electron chi connectivity index (χ3n) is 5.51. The highest BCUT2D eigenvalue weighted by Crippen LogP contribution is 2.38. The quantitative estimate of drug-likeness (QED) is 0.544. The van der Waals surface area contributed by atoms with Crippen molar-refractivity contribution in [1.29, 1.82) is 0 Å². The van der Waals surface area contributed by atoms with Gasteiger partial charge in [-0.05, 0) is 39.0 Å². The standard InChI is InChI=1S/C18H29N3O5/c1-5-17(3,4)19-13(22)11-26-14(23)10-21-15(24)18(20-16(21)25)9-7-6-8-12(18)2/h12H,5-11H2,1-4H3,(H,19,22)(H,20,25)/t12-,18-/m1/s1. The zero-order valence-corrected chi connectivity index (χ0v) is 16.0. The molecule has 4 amide bonds. The van der Waals surface area contributed by atoms with E-state index in [1.807, 2.05) is 27.7 Å². The lowest BCUT2D eigenvalue weighted by Gasteiger charge is -2.36. The minimum Gasteiger partial charge on any atom is -0.454 e. The summed E-state index contributed by atoms with van der Waals surface area (Å²) in [4.78, 5) is 49.7. The Hall–Kier alpha value is -2.12. The first-order valence-electron chi connectivity index (χ1n) is 9.22. The monoisotopic (exact) mass is 367 g/mol. The Kier molecular flexibility index (Phi) is 5.93. The molecular formula is C18H29N3O5. The van der Waals surface area contributed by atoms with Crippen LogP contribution in [0, 0.1) is 5.92 Å². The predicted molar refractivity (Wildman–Crippen MR) is 94.1 cm³/mol. The van der Waals surface area contributed by atoms with Crippen molar-refractivity contribution in [3.8, 4) is 0 Å². The summed E-state index contributed by atoms with van der Waals surface area (Å²) < 4.78 is 4.93. The molecule has 0 bridgehead atoms. The van der Waals surface area contributed by atoms with Crippen molar-refractivity contribution < 1.29 is 23.9 Å². The summed E-state index contributed by atoms with van der Waals surface area (Å²) in [5, 5.41) is 5.53. The lowest BCUT2D eigenvalue weighted by Crippen LogP contribution is -2.54. The van der Waals surface area contributed by atoms with Gasteiger partial charge in [-0.2, -0.15) is 0 Å². The number of carbonyl (C=O) groups is 4. The minimum atomic E-state index is -0.905. The number of urea groups is 1. The lowest BCUT2D eigenvalue weighted by atomic mass is 9.73. The highest BCUT2D eigenvalue weighted by molar-refractivity contribution is 6.09. The number of nitrogens with one attached hydrogen (secondary N) is 2. The van der Waals surface area contributed by atoms with Gasteiger partial charge in [0.05, 0.1) is 0 Å². The SMILES string of the molecule is CCC(C)(C)NC(=O)COC(=O)CN1C(=O)N[C@@]2(CCCC[C@H]2C)C1=O. The van der Waals surface area contributed by atoms with Gasteiger partial charge in [-0.3, -0.25) is 19.3 Å². The molecule has 2 atom stereocenters. The zero-order valence-electron chi connectivity index (χ0n) is 16.0. The molecule has 0 aromatic carbocycles. The molecule has 1 aliphatic carbocycles. The van der Waals surface area contributed by atoms with Crippen LogP contribution in [0.5, 0.6) is 0 Å². The molecule has 2 N–H and O–H groups in total. The van der Waals surface area contributed by atoms with Crippen molar-refractivity contribution in [3.63, 3.8) is 0 Å². The molecule has 1 heterocycles. The second-order valence-corrected chi connectivity index (χ2v) is 7.89. The molecular weight excluding hydrogens is 338 g/mol. The maximum Gasteiger partial charge on any atom is 0.326 e. The molecule has 0 aromatic rings. The van der Waals surface area contributed by atoms with Gasteiger partial charge >= 0.3 is 12.0 Å². The second-order valence-electron chi connectivity index (χ2n) is 7.89. The van der Waals surface area contributed by atoms with Gasteiger partial charge in [0.15, 0.2) is 6.61 Å². The Balaban J connectivity index is 1.90. The number of rotatable bonds is 6. The highest BCUT2D eigenvalue weighted by atomic mass is 16.5. The minimum absolute atomic E-state index is 0.0239. The van der Waals surface area contributed by atoms with Gasteiger partial charge in [0.1, 0.15) is 12.1 Å². The third-order valence-corrected chi connectivity index (χ3v) is 5.51. The third kappa shape index (κ3) is 4.16. The fraction of sp³-hybridized carbons (Fsp3) is 0.778. The van der Waals surface area contributed by atoms with E-state index >= 15 is 0 Å². The maximum absolute atomic E-state index is 12.8. The Bertz CT molecular complexity index is 604. The number of esters is 1. The largest absolute Gasteiger partial charge is 0.454 e. The van der Waals surface area contributed by atoms with E-state index in [9.17, 15) is 19.2 Å². The van der Waals surface area contributed by atoms with Gasteiger partial charge < -0.3 is 15.4 Å². The second kappa shape index (κ2) is 7.63. The van der Waals surface area contributed by atoms with E-state index in [-0.39, 0.29) is 11.8 Å². The number of hydrogen-bond acceptors (Lipinski definition) is 5. The predicted octanol–water partition coefficient (Wildman–Crippen LogP) is 1.34. The Morgan fingerprint density at radius 3 is 2.65 bits per heavy atom. The molecule has 26 heavy (non-hydrogen) atoms. The summed E-state index contributed by atoms with van der Waals surface area (Å²) in [5.74, 6) is -1.54. The van der Waals surface area contributed by atoms with Crippen LogP contribution in [-0.4, -0.2) is 52.9 Å². The van der Waals surface area contributed by atoms with E-state index in [4.69, 9.17) is 4.74 Å². The molecule has 1 saturated carbocycles. The summed E-state index contributed by atoms with van der Waals surface area (Å²) in [5.41, 5.74) is -1.30. The van der Waals surface area contributed by atoms with Crippen molar-refractivity contribution in [3.05, 3.63) is 0 Å². The van der Waals surface area contributed by atoms with Crippen LogP contribution >= 0.6 is 0 Å². The van der Waals surface area contributed by atoms with Crippen molar-refractivity contribution in [1.82, 2.24) is 15.5 Å². The first-order valence-corrected chi connectivity index (χ1v) is 9.22. The zero-order chi connectivity index (χ0) is 19.5. The van der Waals surface area contributed by atoms with Crippen LogP contribution in [0.1, 0.15) is 59.8 Å².